The predicted octanol–water partition coefficient (Wildman–Crippen LogP) is 1.62. The van der Waals surface area contributed by atoms with Crippen LogP contribution < -0.4 is 10.6 Å². The number of carboxylic acids is 2. The van der Waals surface area contributed by atoms with Crippen molar-refractivity contribution in [1.82, 2.24) is 5.32 Å². The number of carboxylic acid groups (broad SMARTS) is 2. The molecule has 0 aromatic heterocycles. The highest BCUT2D eigenvalue weighted by molar-refractivity contribution is 5.98. The maximum absolute atomic E-state index is 11.6. The number of hydrogen-bond acceptors (Lipinski definition) is 3. The van der Waals surface area contributed by atoms with Crippen LogP contribution in [0.25, 0.3) is 0 Å². The highest BCUT2D eigenvalue weighted by atomic mass is 16.4. The summed E-state index contributed by atoms with van der Waals surface area (Å²) in [4.78, 5) is 33.4. The minimum absolute atomic E-state index is 0.0892. The molecular weight excluding hydrogens is 276 g/mol. The van der Waals surface area contributed by atoms with Gasteiger partial charge in [0.05, 0.1) is 11.1 Å². The molecule has 0 saturated heterocycles. The van der Waals surface area contributed by atoms with Gasteiger partial charge in [0.2, 0.25) is 0 Å². The van der Waals surface area contributed by atoms with Crippen molar-refractivity contribution in [3.8, 4) is 11.8 Å². The minimum atomic E-state index is -1.28. The van der Waals surface area contributed by atoms with Crippen LogP contribution in [0.15, 0.2) is 18.2 Å². The quantitative estimate of drug-likeness (QED) is 0.486. The summed E-state index contributed by atoms with van der Waals surface area (Å²) in [6.07, 6.45) is 0.486. The van der Waals surface area contributed by atoms with Gasteiger partial charge >= 0.3 is 18.0 Å². The van der Waals surface area contributed by atoms with Crippen molar-refractivity contribution in [2.75, 3.05) is 11.9 Å². The first kappa shape index (κ1) is 16.0. The number of carbonyl (C=O) groups is 3. The van der Waals surface area contributed by atoms with Gasteiger partial charge in [-0.1, -0.05) is 0 Å². The van der Waals surface area contributed by atoms with E-state index in [4.69, 9.17) is 10.2 Å². The van der Waals surface area contributed by atoms with Crippen LogP contribution >= 0.6 is 0 Å². The highest BCUT2D eigenvalue weighted by Gasteiger charge is 2.12. The van der Waals surface area contributed by atoms with Gasteiger partial charge in [-0.05, 0) is 25.1 Å². The number of aromatic carboxylic acids is 2. The van der Waals surface area contributed by atoms with Crippen LogP contribution in [0, 0.1) is 11.8 Å². The Labute approximate surface area is 121 Å². The molecule has 7 heteroatoms. The lowest BCUT2D eigenvalue weighted by atomic mass is 10.1. The number of amides is 2. The summed E-state index contributed by atoms with van der Waals surface area (Å²) in [6.45, 7) is 2.02. The molecule has 0 atom stereocenters. The number of anilines is 1. The van der Waals surface area contributed by atoms with Gasteiger partial charge < -0.3 is 20.8 Å². The fourth-order valence-corrected chi connectivity index (χ4v) is 1.49. The third-order valence-electron chi connectivity index (χ3n) is 2.40. The number of benzene rings is 1. The normalized spacial score (nSPS) is 9.19. The number of rotatable bonds is 5. The van der Waals surface area contributed by atoms with Gasteiger partial charge in [0.25, 0.3) is 0 Å². The van der Waals surface area contributed by atoms with Crippen LogP contribution in [0.4, 0.5) is 10.5 Å². The van der Waals surface area contributed by atoms with Crippen molar-refractivity contribution < 1.29 is 24.6 Å². The summed E-state index contributed by atoms with van der Waals surface area (Å²) in [5.41, 5.74) is -0.351. The van der Waals surface area contributed by atoms with Crippen LogP contribution in [-0.4, -0.2) is 34.7 Å². The molecule has 0 fully saturated rings. The van der Waals surface area contributed by atoms with Gasteiger partial charge in [-0.25, -0.2) is 14.4 Å². The van der Waals surface area contributed by atoms with Crippen LogP contribution in [0.5, 0.6) is 0 Å². The Balaban J connectivity index is 2.81. The van der Waals surface area contributed by atoms with Crippen LogP contribution in [0.1, 0.15) is 34.1 Å². The summed E-state index contributed by atoms with van der Waals surface area (Å²) in [7, 11) is 0. The second kappa shape index (κ2) is 7.55. The third-order valence-corrected chi connectivity index (χ3v) is 2.40. The molecule has 0 unspecified atom stereocenters. The SMILES string of the molecule is CC#CCCNC(=O)Nc1cc(C(=O)O)cc(C(=O)O)c1. The van der Waals surface area contributed by atoms with E-state index in [0.717, 1.165) is 6.07 Å². The van der Waals surface area contributed by atoms with Crippen LogP contribution in [-0.2, 0) is 0 Å². The monoisotopic (exact) mass is 290 g/mol. The molecule has 7 nitrogen and oxygen atoms in total. The zero-order chi connectivity index (χ0) is 15.8. The Morgan fingerprint density at radius 3 is 2.14 bits per heavy atom. The van der Waals surface area contributed by atoms with Gasteiger partial charge in [0.1, 0.15) is 0 Å². The Morgan fingerprint density at radius 1 is 1.10 bits per heavy atom. The molecule has 0 aliphatic heterocycles. The zero-order valence-corrected chi connectivity index (χ0v) is 11.3. The van der Waals surface area contributed by atoms with Crippen LogP contribution in [0.2, 0.25) is 0 Å². The van der Waals surface area contributed by atoms with E-state index in [1.807, 2.05) is 0 Å². The van der Waals surface area contributed by atoms with Crippen molar-refractivity contribution in [1.29, 1.82) is 0 Å². The summed E-state index contributed by atoms with van der Waals surface area (Å²) in [6, 6.07) is 2.82. The van der Waals surface area contributed by atoms with Crippen LogP contribution in [0.3, 0.4) is 0 Å². The van der Waals surface area contributed by atoms with E-state index < -0.39 is 18.0 Å². The molecule has 2 amide bonds. The minimum Gasteiger partial charge on any atom is -0.478 e. The average Bonchev–Trinajstić information content (AvgIpc) is 2.43. The molecule has 0 aliphatic carbocycles. The smallest absolute Gasteiger partial charge is 0.335 e. The van der Waals surface area contributed by atoms with E-state index in [0.29, 0.717) is 13.0 Å². The fourth-order valence-electron chi connectivity index (χ4n) is 1.49. The molecule has 1 aromatic rings. The summed E-state index contributed by atoms with van der Waals surface area (Å²) < 4.78 is 0. The molecular formula is C14H14N2O5. The third kappa shape index (κ3) is 5.24. The van der Waals surface area contributed by atoms with Crippen molar-refractivity contribution in [2.45, 2.75) is 13.3 Å². The van der Waals surface area contributed by atoms with Crippen molar-refractivity contribution in [3.63, 3.8) is 0 Å². The lowest BCUT2D eigenvalue weighted by Gasteiger charge is -2.08. The molecule has 0 saturated carbocycles. The van der Waals surface area contributed by atoms with Gasteiger partial charge in [-0.15, -0.1) is 11.8 Å². The van der Waals surface area contributed by atoms with Gasteiger partial charge in [0.15, 0.2) is 0 Å². The lowest BCUT2D eigenvalue weighted by molar-refractivity contribution is 0.0696. The molecule has 4 N–H and O–H groups in total. The summed E-state index contributed by atoms with van der Waals surface area (Å²) in [5.74, 6) is 2.89. The number of hydrogen-bond donors (Lipinski definition) is 4. The number of nitrogens with one attached hydrogen (secondary N) is 2. The zero-order valence-electron chi connectivity index (χ0n) is 11.3. The predicted molar refractivity (Wildman–Crippen MR) is 75.4 cm³/mol. The Morgan fingerprint density at radius 2 is 1.67 bits per heavy atom. The van der Waals surface area contributed by atoms with Gasteiger partial charge in [-0.2, -0.15) is 0 Å². The van der Waals surface area contributed by atoms with E-state index in [9.17, 15) is 14.4 Å². The highest BCUT2D eigenvalue weighted by Crippen LogP contribution is 2.15. The van der Waals surface area contributed by atoms with E-state index in [1.54, 1.807) is 6.92 Å². The molecule has 0 bridgehead atoms. The largest absolute Gasteiger partial charge is 0.478 e. The standard InChI is InChI=1S/C14H14N2O5/c1-2-3-4-5-15-14(21)16-11-7-9(12(17)18)6-10(8-11)13(19)20/h6-8H,4-5H2,1H3,(H,17,18)(H,19,20)(H2,15,16,21). The number of carbonyl (C=O) groups excluding carboxylic acids is 1. The molecule has 21 heavy (non-hydrogen) atoms. The van der Waals surface area contributed by atoms with Gasteiger partial charge in [-0.3, -0.25) is 0 Å². The molecule has 0 radical (unpaired) electrons. The fraction of sp³-hybridized carbons (Fsp3) is 0.214. The molecule has 0 aliphatic rings. The Hall–Kier alpha value is -3.01. The van der Waals surface area contributed by atoms with Crippen molar-refractivity contribution >= 4 is 23.7 Å². The molecule has 1 aromatic carbocycles. The van der Waals surface area contributed by atoms with E-state index in [2.05, 4.69) is 22.5 Å². The molecule has 1 rings (SSSR count). The second-order valence-electron chi connectivity index (χ2n) is 3.97. The summed E-state index contributed by atoms with van der Waals surface area (Å²) in [5, 5.41) is 22.7. The van der Waals surface area contributed by atoms with E-state index in [1.165, 1.54) is 12.1 Å². The summed E-state index contributed by atoms with van der Waals surface area (Å²) >= 11 is 0. The first-order chi connectivity index (χ1) is 9.93. The van der Waals surface area contributed by atoms with Crippen molar-refractivity contribution in [3.05, 3.63) is 29.3 Å². The number of urea groups is 1. The average molecular weight is 290 g/mol. The molecule has 0 spiro atoms. The second-order valence-corrected chi connectivity index (χ2v) is 3.97. The lowest BCUT2D eigenvalue weighted by Crippen LogP contribution is -2.29. The maximum Gasteiger partial charge on any atom is 0.335 e. The van der Waals surface area contributed by atoms with Crippen molar-refractivity contribution in [2.24, 2.45) is 0 Å². The topological polar surface area (TPSA) is 116 Å². The Kier molecular flexibility index (Phi) is 5.77. The Bertz CT molecular complexity index is 596. The van der Waals surface area contributed by atoms with E-state index >= 15 is 0 Å². The van der Waals surface area contributed by atoms with E-state index in [-0.39, 0.29) is 16.8 Å². The molecule has 0 heterocycles. The molecule has 110 valence electrons. The van der Waals surface area contributed by atoms with Gasteiger partial charge in [0, 0.05) is 18.7 Å². The first-order valence-corrected chi connectivity index (χ1v) is 6.00. The first-order valence-electron chi connectivity index (χ1n) is 6.00. The maximum atomic E-state index is 11.6.